The van der Waals surface area contributed by atoms with E-state index in [1.807, 2.05) is 58.2 Å². The maximum atomic E-state index is 8.80. The lowest BCUT2D eigenvalue weighted by molar-refractivity contribution is 0.00980. The van der Waals surface area contributed by atoms with Gasteiger partial charge in [-0.25, -0.2) is 0 Å². The number of aliphatic hydroxyl groups excluding tert-OH is 1. The van der Waals surface area contributed by atoms with Gasteiger partial charge < -0.3 is 14.6 Å². The van der Waals surface area contributed by atoms with E-state index < -0.39 is 6.10 Å². The molecule has 4 rings (SSSR count). The maximum absolute atomic E-state index is 8.80. The number of pyridine rings is 1. The van der Waals surface area contributed by atoms with E-state index in [-0.39, 0.29) is 0 Å². The Balaban J connectivity index is 0. The third kappa shape index (κ3) is 17.3. The van der Waals surface area contributed by atoms with E-state index >= 15 is 0 Å². The fourth-order valence-corrected chi connectivity index (χ4v) is 2.58. The number of methoxy groups -OCH3 is 2. The van der Waals surface area contributed by atoms with Gasteiger partial charge in [-0.2, -0.15) is 0 Å². The number of para-hydroxylation sites is 1. The van der Waals surface area contributed by atoms with Gasteiger partial charge in [0.25, 0.3) is 0 Å². The first-order chi connectivity index (χ1) is 17.2. The van der Waals surface area contributed by atoms with Crippen molar-refractivity contribution in [1.29, 1.82) is 0 Å². The lowest BCUT2D eigenvalue weighted by Crippen LogP contribution is -2.19. The third-order valence-corrected chi connectivity index (χ3v) is 3.89. The molecule has 0 aliphatic heterocycles. The van der Waals surface area contributed by atoms with Crippen LogP contribution in [0.15, 0.2) is 91.1 Å². The molecule has 35 heavy (non-hydrogen) atoms. The molecule has 0 fully saturated rings. The van der Waals surface area contributed by atoms with E-state index in [0.717, 1.165) is 5.52 Å². The Labute approximate surface area is 214 Å². The number of hydrogen-bond donors (Lipinski definition) is 1. The Morgan fingerprint density at radius 3 is 1.34 bits per heavy atom. The molecule has 1 N–H and O–H groups in total. The first-order valence-corrected chi connectivity index (χ1v) is 12.6. The van der Waals surface area contributed by atoms with E-state index in [0.29, 0.717) is 13.2 Å². The minimum absolute atomic E-state index is 0.341. The van der Waals surface area contributed by atoms with Crippen molar-refractivity contribution in [3.8, 4) is 0 Å². The van der Waals surface area contributed by atoms with Crippen molar-refractivity contribution in [3.05, 3.63) is 91.1 Å². The molecular formula is C31H47NO3. The van der Waals surface area contributed by atoms with E-state index in [2.05, 4.69) is 89.0 Å². The van der Waals surface area contributed by atoms with Crippen LogP contribution < -0.4 is 0 Å². The highest BCUT2D eigenvalue weighted by atomic mass is 16.5. The van der Waals surface area contributed by atoms with Crippen LogP contribution in [0.3, 0.4) is 0 Å². The van der Waals surface area contributed by atoms with Gasteiger partial charge in [-0.15, -0.1) is 0 Å². The summed E-state index contributed by atoms with van der Waals surface area (Å²) in [4.78, 5) is 4.18. The summed E-state index contributed by atoms with van der Waals surface area (Å²) >= 11 is 0. The predicted molar refractivity (Wildman–Crippen MR) is 154 cm³/mol. The SMILES string of the molecule is CC.CC.CCC.COCC(O)COC.c1ccc2ccccc2c1.c1ccc2ncccc2c1. The molecule has 3 aromatic carbocycles. The van der Waals surface area contributed by atoms with Crippen molar-refractivity contribution >= 4 is 21.7 Å². The van der Waals surface area contributed by atoms with Crippen molar-refractivity contribution in [1.82, 2.24) is 4.98 Å². The van der Waals surface area contributed by atoms with Crippen molar-refractivity contribution in [2.45, 2.75) is 54.1 Å². The van der Waals surface area contributed by atoms with E-state index in [1.165, 1.54) is 22.6 Å². The molecule has 0 bridgehead atoms. The summed E-state index contributed by atoms with van der Waals surface area (Å²) in [7, 11) is 3.08. The Morgan fingerprint density at radius 2 is 0.971 bits per heavy atom. The lowest BCUT2D eigenvalue weighted by Gasteiger charge is -2.05. The van der Waals surface area contributed by atoms with Gasteiger partial charge in [0.15, 0.2) is 0 Å². The number of fused-ring (bicyclic) bond motifs is 2. The molecule has 0 amide bonds. The van der Waals surface area contributed by atoms with Gasteiger partial charge in [0.05, 0.1) is 18.7 Å². The van der Waals surface area contributed by atoms with Gasteiger partial charge in [-0.05, 0) is 22.9 Å². The van der Waals surface area contributed by atoms with Gasteiger partial charge >= 0.3 is 0 Å². The van der Waals surface area contributed by atoms with Crippen molar-refractivity contribution in [2.24, 2.45) is 0 Å². The van der Waals surface area contributed by atoms with Gasteiger partial charge in [-0.1, -0.05) is 121 Å². The topological polar surface area (TPSA) is 51.6 Å². The first kappa shape index (κ1) is 34.4. The molecule has 0 saturated heterocycles. The van der Waals surface area contributed by atoms with Gasteiger partial charge in [-0.3, -0.25) is 4.98 Å². The standard InChI is InChI=1S/C10H8.C9H7N.C5H12O3.C3H8.2C2H6/c1-2-6-10-8-4-3-7-9(10)5-1;1-2-6-9-8(4-1)5-3-7-10-9;1-7-3-5(6)4-8-2;1-3-2;2*1-2/h1-8H;1-7H;5-6H,3-4H2,1-2H3;3H2,1-2H3;2*1-2H3. The quantitative estimate of drug-likeness (QED) is 0.319. The molecule has 4 heteroatoms. The molecule has 4 nitrogen and oxygen atoms in total. The van der Waals surface area contributed by atoms with E-state index in [9.17, 15) is 0 Å². The van der Waals surface area contributed by atoms with E-state index in [1.54, 1.807) is 14.2 Å². The molecule has 0 spiro atoms. The van der Waals surface area contributed by atoms with Crippen LogP contribution in [0.25, 0.3) is 21.7 Å². The number of aromatic nitrogens is 1. The third-order valence-electron chi connectivity index (χ3n) is 3.89. The second-order valence-electron chi connectivity index (χ2n) is 6.81. The van der Waals surface area contributed by atoms with Crippen molar-refractivity contribution in [2.75, 3.05) is 27.4 Å². The predicted octanol–water partition coefficient (Wildman–Crippen LogP) is 8.18. The zero-order valence-electron chi connectivity index (χ0n) is 23.1. The van der Waals surface area contributed by atoms with Crippen LogP contribution in [0.1, 0.15) is 48.0 Å². The minimum Gasteiger partial charge on any atom is -0.388 e. The second kappa shape index (κ2) is 25.8. The number of hydrogen-bond acceptors (Lipinski definition) is 4. The summed E-state index contributed by atoms with van der Waals surface area (Å²) in [5.41, 5.74) is 1.06. The summed E-state index contributed by atoms with van der Waals surface area (Å²) in [6.07, 6.45) is 2.58. The fourth-order valence-electron chi connectivity index (χ4n) is 2.58. The summed E-state index contributed by atoms with van der Waals surface area (Å²) in [6.45, 7) is 12.9. The Hall–Kier alpha value is -2.79. The lowest BCUT2D eigenvalue weighted by atomic mass is 10.1. The summed E-state index contributed by atoms with van der Waals surface area (Å²) in [6, 6.07) is 28.8. The zero-order chi connectivity index (χ0) is 26.7. The number of aliphatic hydroxyl groups is 1. The number of ether oxygens (including phenoxy) is 2. The fraction of sp³-hybridized carbons (Fsp3) is 0.387. The monoisotopic (exact) mass is 481 g/mol. The molecule has 0 aliphatic carbocycles. The molecule has 0 radical (unpaired) electrons. The molecule has 0 saturated carbocycles. The molecule has 4 aromatic rings. The summed E-state index contributed by atoms with van der Waals surface area (Å²) in [5.74, 6) is 0. The molecular weight excluding hydrogens is 434 g/mol. The Kier molecular flexibility index (Phi) is 25.4. The Morgan fingerprint density at radius 1 is 0.629 bits per heavy atom. The highest BCUT2D eigenvalue weighted by molar-refractivity contribution is 5.82. The average Bonchev–Trinajstić information content (AvgIpc) is 2.93. The normalized spacial score (nSPS) is 8.97. The second-order valence-corrected chi connectivity index (χ2v) is 6.81. The van der Waals surface area contributed by atoms with E-state index in [4.69, 9.17) is 5.11 Å². The number of benzene rings is 3. The van der Waals surface area contributed by atoms with Crippen molar-refractivity contribution < 1.29 is 14.6 Å². The largest absolute Gasteiger partial charge is 0.388 e. The van der Waals surface area contributed by atoms with Crippen LogP contribution >= 0.6 is 0 Å². The minimum atomic E-state index is -0.481. The summed E-state index contributed by atoms with van der Waals surface area (Å²) in [5, 5.41) is 12.6. The molecule has 194 valence electrons. The molecule has 0 atom stereocenters. The molecule has 0 aliphatic rings. The van der Waals surface area contributed by atoms with Crippen LogP contribution in [-0.4, -0.2) is 43.6 Å². The van der Waals surface area contributed by atoms with Crippen LogP contribution in [0.5, 0.6) is 0 Å². The maximum Gasteiger partial charge on any atom is 0.101 e. The van der Waals surface area contributed by atoms with Crippen LogP contribution in [0, 0.1) is 0 Å². The van der Waals surface area contributed by atoms with Gasteiger partial charge in [0.2, 0.25) is 0 Å². The average molecular weight is 482 g/mol. The van der Waals surface area contributed by atoms with Gasteiger partial charge in [0, 0.05) is 25.8 Å². The molecule has 1 heterocycles. The van der Waals surface area contributed by atoms with Gasteiger partial charge in [0.1, 0.15) is 6.10 Å². The number of nitrogens with zero attached hydrogens (tertiary/aromatic N) is 1. The van der Waals surface area contributed by atoms with Crippen LogP contribution in [0.2, 0.25) is 0 Å². The number of rotatable bonds is 4. The Bertz CT molecular complexity index is 751. The molecule has 0 unspecified atom stereocenters. The summed E-state index contributed by atoms with van der Waals surface area (Å²) < 4.78 is 9.25. The highest BCUT2D eigenvalue weighted by Gasteiger charge is 1.99. The zero-order valence-corrected chi connectivity index (χ0v) is 23.1. The van der Waals surface area contributed by atoms with Crippen LogP contribution in [0.4, 0.5) is 0 Å². The van der Waals surface area contributed by atoms with Crippen LogP contribution in [-0.2, 0) is 9.47 Å². The first-order valence-electron chi connectivity index (χ1n) is 12.6. The van der Waals surface area contributed by atoms with Crippen molar-refractivity contribution in [3.63, 3.8) is 0 Å². The molecule has 1 aromatic heterocycles. The highest BCUT2D eigenvalue weighted by Crippen LogP contribution is 2.11. The smallest absolute Gasteiger partial charge is 0.101 e.